The van der Waals surface area contributed by atoms with Crippen LogP contribution in [0.1, 0.15) is 33.6 Å². The number of alkyl halides is 1. The van der Waals surface area contributed by atoms with E-state index in [9.17, 15) is 19.2 Å². The van der Waals surface area contributed by atoms with Crippen LogP contribution in [0.15, 0.2) is 35.1 Å². The molecule has 32 heavy (non-hydrogen) atoms. The van der Waals surface area contributed by atoms with Crippen LogP contribution in [0.25, 0.3) is 0 Å². The van der Waals surface area contributed by atoms with Crippen molar-refractivity contribution in [2.24, 2.45) is 10.7 Å². The smallest absolute Gasteiger partial charge is 0.410 e. The average molecular weight is 448 g/mol. The number of aliphatic imine (C=N–C) groups is 1. The number of nitrogens with one attached hydrogen (secondary N) is 1. The first kappa shape index (κ1) is 24.7. The summed E-state index contributed by atoms with van der Waals surface area (Å²) in [6, 6.07) is 4.37. The molecule has 2 atom stereocenters. The highest BCUT2D eigenvalue weighted by Gasteiger charge is 2.45. The van der Waals surface area contributed by atoms with E-state index in [4.69, 9.17) is 10.5 Å². The van der Waals surface area contributed by atoms with Crippen molar-refractivity contribution in [1.82, 2.24) is 15.2 Å². The number of nitrogens with zero attached hydrogens (tertiary/aromatic N) is 4. The van der Waals surface area contributed by atoms with E-state index in [2.05, 4.69) is 15.3 Å². The van der Waals surface area contributed by atoms with E-state index < -0.39 is 29.4 Å². The molecule has 1 saturated heterocycles. The van der Waals surface area contributed by atoms with Gasteiger partial charge in [-0.05, 0) is 33.3 Å². The third kappa shape index (κ3) is 6.47. The zero-order valence-corrected chi connectivity index (χ0v) is 18.1. The Morgan fingerprint density at radius 2 is 2.28 bits per heavy atom. The minimum absolute atomic E-state index is 0.0935. The molecule has 1 aromatic rings. The van der Waals surface area contributed by atoms with Gasteiger partial charge in [-0.1, -0.05) is 0 Å². The normalized spacial score (nSPS) is 22.1. The second-order valence-electron chi connectivity index (χ2n) is 8.33. The molecule has 2 unspecified atom stereocenters. The molecular formula is C21H26F2N6O3. The van der Waals surface area contributed by atoms with Crippen molar-refractivity contribution < 1.29 is 23.1 Å². The van der Waals surface area contributed by atoms with Crippen LogP contribution in [0.2, 0.25) is 0 Å². The topological polar surface area (TPSA) is 134 Å². The monoisotopic (exact) mass is 448 g/mol. The molecule has 3 N–H and O–H groups in total. The van der Waals surface area contributed by atoms with Crippen molar-refractivity contribution in [2.75, 3.05) is 13.1 Å². The minimum atomic E-state index is -1.62. The first-order chi connectivity index (χ1) is 15.0. The Kier molecular flexibility index (Phi) is 7.86. The van der Waals surface area contributed by atoms with Crippen LogP contribution in [0, 0.1) is 17.3 Å². The predicted octanol–water partition coefficient (Wildman–Crippen LogP) is 2.51. The van der Waals surface area contributed by atoms with E-state index in [1.807, 2.05) is 6.07 Å². The van der Waals surface area contributed by atoms with Crippen LogP contribution < -0.4 is 11.1 Å². The van der Waals surface area contributed by atoms with Crippen LogP contribution in [0.4, 0.5) is 19.3 Å². The van der Waals surface area contributed by atoms with Gasteiger partial charge in [0.1, 0.15) is 17.6 Å². The number of piperidine rings is 1. The number of amidine groups is 1. The van der Waals surface area contributed by atoms with Gasteiger partial charge < -0.3 is 20.7 Å². The molecule has 1 aliphatic heterocycles. The van der Waals surface area contributed by atoms with Gasteiger partial charge in [-0.2, -0.15) is 9.65 Å². The molecule has 1 aromatic heterocycles. The lowest BCUT2D eigenvalue weighted by Crippen LogP contribution is -2.61. The van der Waals surface area contributed by atoms with Crippen LogP contribution in [0.3, 0.4) is 0 Å². The van der Waals surface area contributed by atoms with E-state index in [1.54, 1.807) is 20.8 Å². The zero-order chi connectivity index (χ0) is 23.9. The minimum Gasteiger partial charge on any atom is -0.444 e. The number of aromatic nitrogens is 1. The summed E-state index contributed by atoms with van der Waals surface area (Å²) in [6.07, 6.45) is 0.388. The SMILES string of the molecule is CC(C)(C)OC(=O)N1CCC(CC#N)(N/C=C(/C=O)C(N)=Nc2ccnc(F)c2)C(F)C1. The molecule has 1 aliphatic rings. The number of pyridine rings is 1. The summed E-state index contributed by atoms with van der Waals surface area (Å²) < 4.78 is 33.7. The summed E-state index contributed by atoms with van der Waals surface area (Å²) in [6.45, 7) is 4.99. The number of carbonyl (C=O) groups is 2. The van der Waals surface area contributed by atoms with Gasteiger partial charge in [0.05, 0.1) is 35.8 Å². The van der Waals surface area contributed by atoms with Crippen molar-refractivity contribution in [2.45, 2.75) is 50.9 Å². The van der Waals surface area contributed by atoms with E-state index >= 15 is 4.39 Å². The highest BCUT2D eigenvalue weighted by atomic mass is 19.1. The first-order valence-corrected chi connectivity index (χ1v) is 9.88. The maximum absolute atomic E-state index is 15.2. The standard InChI is InChI=1S/C21H26F2N6O3/c1-20(2,3)32-19(31)29-9-6-21(5-7-24,16(22)12-29)27-11-14(13-30)18(25)28-15-4-8-26-17(23)10-15/h4,8,10-11,13,16,27H,5-6,9,12H2,1-3H3,(H2,25,26,28)/b14-11-. The number of nitriles is 1. The largest absolute Gasteiger partial charge is 0.444 e. The summed E-state index contributed by atoms with van der Waals surface area (Å²) in [5.41, 5.74) is 3.80. The van der Waals surface area contributed by atoms with Gasteiger partial charge in [-0.3, -0.25) is 4.79 Å². The molecule has 0 spiro atoms. The van der Waals surface area contributed by atoms with E-state index in [1.165, 1.54) is 23.4 Å². The van der Waals surface area contributed by atoms with Crippen LogP contribution in [-0.2, 0) is 9.53 Å². The van der Waals surface area contributed by atoms with Crippen LogP contribution >= 0.6 is 0 Å². The molecule has 1 amide bonds. The lowest BCUT2D eigenvalue weighted by Gasteiger charge is -2.43. The van der Waals surface area contributed by atoms with Gasteiger partial charge in [-0.15, -0.1) is 0 Å². The summed E-state index contributed by atoms with van der Waals surface area (Å²) in [7, 11) is 0. The fourth-order valence-corrected chi connectivity index (χ4v) is 3.05. The molecule has 2 rings (SSSR count). The number of hydrogen-bond acceptors (Lipinski definition) is 7. The summed E-state index contributed by atoms with van der Waals surface area (Å²) in [5.74, 6) is -0.995. The second-order valence-corrected chi connectivity index (χ2v) is 8.33. The molecule has 11 heteroatoms. The Hall–Kier alpha value is -3.55. The number of carbonyl (C=O) groups excluding carboxylic acids is 2. The van der Waals surface area contributed by atoms with Crippen LogP contribution in [0.5, 0.6) is 0 Å². The molecule has 0 aliphatic carbocycles. The van der Waals surface area contributed by atoms with E-state index in [-0.39, 0.29) is 43.0 Å². The van der Waals surface area contributed by atoms with Gasteiger partial charge >= 0.3 is 6.09 Å². The number of rotatable bonds is 6. The van der Waals surface area contributed by atoms with Crippen LogP contribution in [-0.4, -0.2) is 58.5 Å². The number of nitrogens with two attached hydrogens (primary N) is 1. The molecule has 2 heterocycles. The van der Waals surface area contributed by atoms with E-state index in [0.29, 0.717) is 6.29 Å². The molecule has 0 saturated carbocycles. The van der Waals surface area contributed by atoms with Gasteiger partial charge in [0.2, 0.25) is 5.95 Å². The number of likely N-dealkylation sites (tertiary alicyclic amines) is 1. The summed E-state index contributed by atoms with van der Waals surface area (Å²) in [4.78, 5) is 32.4. The summed E-state index contributed by atoms with van der Waals surface area (Å²) >= 11 is 0. The fourth-order valence-electron chi connectivity index (χ4n) is 3.05. The van der Waals surface area contributed by atoms with Crippen molar-refractivity contribution >= 4 is 23.9 Å². The average Bonchev–Trinajstić information content (AvgIpc) is 2.69. The second kappa shape index (κ2) is 10.2. The molecule has 0 aromatic carbocycles. The number of aldehydes is 1. The molecule has 1 fully saturated rings. The van der Waals surface area contributed by atoms with Gasteiger partial charge in [0.15, 0.2) is 6.29 Å². The van der Waals surface area contributed by atoms with Crippen molar-refractivity contribution in [1.29, 1.82) is 5.26 Å². The number of ether oxygens (including phenoxy) is 1. The zero-order valence-electron chi connectivity index (χ0n) is 18.1. The lowest BCUT2D eigenvalue weighted by molar-refractivity contribution is -0.104. The number of amides is 1. The Morgan fingerprint density at radius 1 is 1.56 bits per heavy atom. The van der Waals surface area contributed by atoms with Gasteiger partial charge in [0.25, 0.3) is 0 Å². The maximum Gasteiger partial charge on any atom is 0.410 e. The molecule has 9 nitrogen and oxygen atoms in total. The lowest BCUT2D eigenvalue weighted by atomic mass is 9.83. The Labute approximate surface area is 184 Å². The Morgan fingerprint density at radius 3 is 2.84 bits per heavy atom. The van der Waals surface area contributed by atoms with E-state index in [0.717, 1.165) is 6.07 Å². The van der Waals surface area contributed by atoms with Crippen molar-refractivity contribution in [3.63, 3.8) is 0 Å². The summed E-state index contributed by atoms with van der Waals surface area (Å²) in [5, 5.41) is 12.0. The predicted molar refractivity (Wildman–Crippen MR) is 113 cm³/mol. The molecule has 172 valence electrons. The van der Waals surface area contributed by atoms with Crippen molar-refractivity contribution in [3.8, 4) is 6.07 Å². The van der Waals surface area contributed by atoms with Crippen molar-refractivity contribution in [3.05, 3.63) is 36.1 Å². The highest BCUT2D eigenvalue weighted by molar-refractivity contribution is 6.13. The molecular weight excluding hydrogens is 422 g/mol. The number of halogens is 2. The first-order valence-electron chi connectivity index (χ1n) is 9.88. The quantitative estimate of drug-likeness (QED) is 0.225. The number of hydrogen-bond donors (Lipinski definition) is 2. The third-order valence-electron chi connectivity index (χ3n) is 4.75. The third-order valence-corrected chi connectivity index (χ3v) is 4.75. The molecule has 0 radical (unpaired) electrons. The molecule has 0 bridgehead atoms. The van der Waals surface area contributed by atoms with Gasteiger partial charge in [0, 0.05) is 25.0 Å². The highest BCUT2D eigenvalue weighted by Crippen LogP contribution is 2.29. The Bertz CT molecular complexity index is 954. The fraction of sp³-hybridized carbons (Fsp3) is 0.476. The van der Waals surface area contributed by atoms with Gasteiger partial charge in [-0.25, -0.2) is 19.2 Å². The Balaban J connectivity index is 2.19. The maximum atomic E-state index is 15.2.